The van der Waals surface area contributed by atoms with Crippen LogP contribution in [0.15, 0.2) is 59.5 Å². The van der Waals surface area contributed by atoms with Crippen molar-refractivity contribution in [2.45, 2.75) is 17.4 Å². The summed E-state index contributed by atoms with van der Waals surface area (Å²) in [4.78, 5) is 0.282. The van der Waals surface area contributed by atoms with Crippen molar-refractivity contribution in [2.75, 3.05) is 6.26 Å². The fourth-order valence-corrected chi connectivity index (χ4v) is 2.99. The van der Waals surface area contributed by atoms with Gasteiger partial charge >= 0.3 is 0 Å². The first-order valence-electron chi connectivity index (χ1n) is 5.99. The Kier molecular flexibility index (Phi) is 4.02. The maximum atomic E-state index is 11.7. The summed E-state index contributed by atoms with van der Waals surface area (Å²) in [5.41, 5.74) is 1.42. The first-order valence-corrected chi connectivity index (χ1v) is 7.88. The largest absolute Gasteiger partial charge is 0.388 e. The lowest BCUT2D eigenvalue weighted by atomic mass is 10.0. The molecule has 0 aliphatic rings. The van der Waals surface area contributed by atoms with Crippen LogP contribution in [-0.4, -0.2) is 19.8 Å². The van der Waals surface area contributed by atoms with Crippen molar-refractivity contribution in [1.29, 1.82) is 0 Å². The molecule has 0 radical (unpaired) electrons. The second-order valence-electron chi connectivity index (χ2n) is 4.51. The quantitative estimate of drug-likeness (QED) is 0.932. The second kappa shape index (κ2) is 5.55. The van der Waals surface area contributed by atoms with Crippen molar-refractivity contribution in [2.24, 2.45) is 0 Å². The average molecular weight is 276 g/mol. The molecule has 0 bridgehead atoms. The Morgan fingerprint density at radius 2 is 1.58 bits per heavy atom. The highest BCUT2D eigenvalue weighted by atomic mass is 32.2. The molecule has 0 saturated heterocycles. The van der Waals surface area contributed by atoms with E-state index in [1.54, 1.807) is 24.3 Å². The smallest absolute Gasteiger partial charge is 0.175 e. The molecule has 3 nitrogen and oxygen atoms in total. The van der Waals surface area contributed by atoms with Crippen molar-refractivity contribution in [3.8, 4) is 0 Å². The van der Waals surface area contributed by atoms with Crippen molar-refractivity contribution < 1.29 is 13.5 Å². The summed E-state index contributed by atoms with van der Waals surface area (Å²) < 4.78 is 23.4. The van der Waals surface area contributed by atoms with E-state index in [4.69, 9.17) is 0 Å². The predicted molar refractivity (Wildman–Crippen MR) is 74.7 cm³/mol. The van der Waals surface area contributed by atoms with Gasteiger partial charge in [0, 0.05) is 12.7 Å². The van der Waals surface area contributed by atoms with Gasteiger partial charge in [-0.3, -0.25) is 0 Å². The van der Waals surface area contributed by atoms with Gasteiger partial charge in [0.05, 0.1) is 11.0 Å². The van der Waals surface area contributed by atoms with E-state index in [1.165, 1.54) is 6.26 Å². The van der Waals surface area contributed by atoms with E-state index in [-0.39, 0.29) is 11.3 Å². The first-order chi connectivity index (χ1) is 8.98. The standard InChI is InChI=1S/C15H16O3S/c1-19(17,18)15-10-6-5-9-13(15)11-14(16)12-7-3-2-4-8-12/h2-10,14,16H,11H2,1H3. The van der Waals surface area contributed by atoms with Crippen LogP contribution in [0.2, 0.25) is 0 Å². The number of hydrogen-bond donors (Lipinski definition) is 1. The van der Waals surface area contributed by atoms with Gasteiger partial charge in [-0.15, -0.1) is 0 Å². The van der Waals surface area contributed by atoms with E-state index >= 15 is 0 Å². The molecular formula is C15H16O3S. The fourth-order valence-electron chi connectivity index (χ4n) is 2.04. The minimum absolute atomic E-state index is 0.282. The van der Waals surface area contributed by atoms with Crippen molar-refractivity contribution in [3.05, 3.63) is 65.7 Å². The molecule has 0 aliphatic carbocycles. The number of aliphatic hydroxyl groups is 1. The Morgan fingerprint density at radius 3 is 2.21 bits per heavy atom. The van der Waals surface area contributed by atoms with E-state index < -0.39 is 15.9 Å². The number of rotatable bonds is 4. The lowest BCUT2D eigenvalue weighted by Gasteiger charge is -2.13. The zero-order valence-corrected chi connectivity index (χ0v) is 11.5. The number of aliphatic hydroxyl groups excluding tert-OH is 1. The van der Waals surface area contributed by atoms with E-state index in [2.05, 4.69) is 0 Å². The van der Waals surface area contributed by atoms with Gasteiger partial charge in [0.1, 0.15) is 0 Å². The molecule has 0 aromatic heterocycles. The van der Waals surface area contributed by atoms with E-state index in [1.807, 2.05) is 30.3 Å². The maximum absolute atomic E-state index is 11.7. The molecule has 0 aliphatic heterocycles. The van der Waals surface area contributed by atoms with Crippen molar-refractivity contribution >= 4 is 9.84 Å². The summed E-state index contributed by atoms with van der Waals surface area (Å²) in [6, 6.07) is 16.0. The van der Waals surface area contributed by atoms with Crippen LogP contribution >= 0.6 is 0 Å². The summed E-state index contributed by atoms with van der Waals surface area (Å²) in [5.74, 6) is 0. The minimum Gasteiger partial charge on any atom is -0.388 e. The molecule has 0 fully saturated rings. The molecular weight excluding hydrogens is 260 g/mol. The highest BCUT2D eigenvalue weighted by Crippen LogP contribution is 2.23. The molecule has 19 heavy (non-hydrogen) atoms. The van der Waals surface area contributed by atoms with Gasteiger partial charge in [0.2, 0.25) is 0 Å². The third-order valence-electron chi connectivity index (χ3n) is 2.97. The highest BCUT2D eigenvalue weighted by molar-refractivity contribution is 7.90. The number of sulfone groups is 1. The molecule has 4 heteroatoms. The summed E-state index contributed by atoms with van der Waals surface area (Å²) in [5, 5.41) is 10.2. The van der Waals surface area contributed by atoms with Gasteiger partial charge in [0.15, 0.2) is 9.84 Å². The van der Waals surface area contributed by atoms with E-state index in [0.717, 1.165) is 5.56 Å². The normalized spacial score (nSPS) is 13.2. The molecule has 1 atom stereocenters. The summed E-state index contributed by atoms with van der Waals surface area (Å²) in [7, 11) is -3.27. The Balaban J connectivity index is 2.30. The van der Waals surface area contributed by atoms with Gasteiger partial charge in [0.25, 0.3) is 0 Å². The van der Waals surface area contributed by atoms with Crippen molar-refractivity contribution in [1.82, 2.24) is 0 Å². The number of benzene rings is 2. The van der Waals surface area contributed by atoms with Gasteiger partial charge < -0.3 is 5.11 Å². The second-order valence-corrected chi connectivity index (χ2v) is 6.49. The summed E-state index contributed by atoms with van der Waals surface area (Å²) in [6.45, 7) is 0. The Hall–Kier alpha value is -1.65. The van der Waals surface area contributed by atoms with Gasteiger partial charge in [-0.05, 0) is 17.2 Å². The lowest BCUT2D eigenvalue weighted by Crippen LogP contribution is -2.07. The zero-order chi connectivity index (χ0) is 13.9. The molecule has 100 valence electrons. The number of hydrogen-bond acceptors (Lipinski definition) is 3. The molecule has 1 N–H and O–H groups in total. The zero-order valence-electron chi connectivity index (χ0n) is 10.7. The minimum atomic E-state index is -3.27. The summed E-state index contributed by atoms with van der Waals surface area (Å²) >= 11 is 0. The third-order valence-corrected chi connectivity index (χ3v) is 4.17. The summed E-state index contributed by atoms with van der Waals surface area (Å²) in [6.07, 6.45) is 0.762. The van der Waals surface area contributed by atoms with Crippen LogP contribution in [0.25, 0.3) is 0 Å². The monoisotopic (exact) mass is 276 g/mol. The maximum Gasteiger partial charge on any atom is 0.175 e. The van der Waals surface area contributed by atoms with Gasteiger partial charge in [-0.25, -0.2) is 8.42 Å². The fraction of sp³-hybridized carbons (Fsp3) is 0.200. The van der Waals surface area contributed by atoms with Crippen LogP contribution in [0.4, 0.5) is 0 Å². The molecule has 2 rings (SSSR count). The molecule has 0 amide bonds. The molecule has 2 aromatic rings. The van der Waals surface area contributed by atoms with Crippen LogP contribution in [-0.2, 0) is 16.3 Å². The Bertz CT molecular complexity index is 648. The molecule has 2 aromatic carbocycles. The third kappa shape index (κ3) is 3.43. The molecule has 0 saturated carbocycles. The molecule has 1 unspecified atom stereocenters. The van der Waals surface area contributed by atoms with Crippen LogP contribution in [0.1, 0.15) is 17.2 Å². The van der Waals surface area contributed by atoms with Crippen LogP contribution in [0.3, 0.4) is 0 Å². The SMILES string of the molecule is CS(=O)(=O)c1ccccc1CC(O)c1ccccc1. The van der Waals surface area contributed by atoms with Crippen LogP contribution < -0.4 is 0 Å². The first kappa shape index (κ1) is 13.8. The van der Waals surface area contributed by atoms with Crippen LogP contribution in [0.5, 0.6) is 0 Å². The molecule has 0 spiro atoms. The van der Waals surface area contributed by atoms with Gasteiger partial charge in [-0.2, -0.15) is 0 Å². The van der Waals surface area contributed by atoms with Crippen molar-refractivity contribution in [3.63, 3.8) is 0 Å². The highest BCUT2D eigenvalue weighted by Gasteiger charge is 2.16. The predicted octanol–water partition coefficient (Wildman–Crippen LogP) is 2.37. The van der Waals surface area contributed by atoms with E-state index in [0.29, 0.717) is 5.56 Å². The van der Waals surface area contributed by atoms with Gasteiger partial charge in [-0.1, -0.05) is 48.5 Å². The Morgan fingerprint density at radius 1 is 1.00 bits per heavy atom. The van der Waals surface area contributed by atoms with Crippen LogP contribution in [0, 0.1) is 0 Å². The Labute approximate surface area is 113 Å². The van der Waals surface area contributed by atoms with E-state index in [9.17, 15) is 13.5 Å². The topological polar surface area (TPSA) is 54.4 Å². The lowest BCUT2D eigenvalue weighted by molar-refractivity contribution is 0.177. The molecule has 0 heterocycles. The average Bonchev–Trinajstić information content (AvgIpc) is 2.39.